The number of anilines is 2. The number of piperazine rings is 1. The Balaban J connectivity index is 1.64. The lowest BCUT2D eigenvalue weighted by Crippen LogP contribution is -2.48. The Morgan fingerprint density at radius 3 is 2.30 bits per heavy atom. The maximum atomic E-state index is 13.1. The molecular weight excluding hydrogens is 424 g/mol. The Labute approximate surface area is 193 Å². The minimum absolute atomic E-state index is 0.0454. The lowest BCUT2D eigenvalue weighted by atomic mass is 10.2. The van der Waals surface area contributed by atoms with Crippen LogP contribution < -0.4 is 10.2 Å². The van der Waals surface area contributed by atoms with Gasteiger partial charge in [0.2, 0.25) is 17.7 Å². The Hall–Kier alpha value is -3.24. The molecule has 0 saturated carbocycles. The molecular formula is C22H32N8O3. The molecule has 2 aliphatic rings. The molecule has 11 heteroatoms. The third kappa shape index (κ3) is 4.49. The molecule has 0 aromatic carbocycles. The van der Waals surface area contributed by atoms with Crippen molar-refractivity contribution in [1.82, 2.24) is 29.9 Å². The number of carbonyl (C=O) groups excluding carboxylic acids is 2. The summed E-state index contributed by atoms with van der Waals surface area (Å²) in [6.07, 6.45) is 0. The Bertz CT molecular complexity index is 1040. The summed E-state index contributed by atoms with van der Waals surface area (Å²) in [5.74, 6) is 2.32. The number of hydrogen-bond acceptors (Lipinski definition) is 9. The Morgan fingerprint density at radius 1 is 1.03 bits per heavy atom. The molecule has 1 saturated heterocycles. The second-order valence-electron chi connectivity index (χ2n) is 9.23. The van der Waals surface area contributed by atoms with Crippen LogP contribution in [-0.4, -0.2) is 73.9 Å². The topological polar surface area (TPSA) is 121 Å². The first-order valence-electron chi connectivity index (χ1n) is 11.5. The van der Waals surface area contributed by atoms with Gasteiger partial charge in [-0.2, -0.15) is 9.97 Å². The van der Waals surface area contributed by atoms with E-state index in [-0.39, 0.29) is 29.8 Å². The molecule has 11 nitrogen and oxygen atoms in total. The average molecular weight is 457 g/mol. The normalized spacial score (nSPS) is 17.2. The molecule has 0 aliphatic carbocycles. The number of nitrogens with one attached hydrogen (secondary N) is 1. The van der Waals surface area contributed by atoms with Crippen molar-refractivity contribution in [1.29, 1.82) is 0 Å². The Morgan fingerprint density at radius 2 is 1.73 bits per heavy atom. The summed E-state index contributed by atoms with van der Waals surface area (Å²) in [5, 5.41) is 7.43. The van der Waals surface area contributed by atoms with Gasteiger partial charge >= 0.3 is 0 Å². The van der Waals surface area contributed by atoms with Crippen LogP contribution in [0.2, 0.25) is 0 Å². The molecule has 33 heavy (non-hydrogen) atoms. The van der Waals surface area contributed by atoms with Gasteiger partial charge in [-0.3, -0.25) is 9.59 Å². The van der Waals surface area contributed by atoms with Crippen LogP contribution in [0.4, 0.5) is 11.8 Å². The summed E-state index contributed by atoms with van der Waals surface area (Å²) in [6.45, 7) is 14.3. The van der Waals surface area contributed by atoms with Crippen LogP contribution in [0, 0.1) is 0 Å². The quantitative estimate of drug-likeness (QED) is 0.697. The molecule has 178 valence electrons. The van der Waals surface area contributed by atoms with E-state index < -0.39 is 0 Å². The van der Waals surface area contributed by atoms with E-state index >= 15 is 0 Å². The van der Waals surface area contributed by atoms with E-state index in [0.29, 0.717) is 61.9 Å². The van der Waals surface area contributed by atoms with Gasteiger partial charge in [0.25, 0.3) is 5.91 Å². The van der Waals surface area contributed by atoms with Crippen molar-refractivity contribution in [2.24, 2.45) is 0 Å². The van der Waals surface area contributed by atoms with Gasteiger partial charge in [-0.15, -0.1) is 0 Å². The highest BCUT2D eigenvalue weighted by molar-refractivity contribution is 5.98. The smallest absolute Gasteiger partial charge is 0.273 e. The fourth-order valence-electron chi connectivity index (χ4n) is 4.00. The zero-order valence-electron chi connectivity index (χ0n) is 20.1. The van der Waals surface area contributed by atoms with Crippen molar-refractivity contribution in [2.75, 3.05) is 36.4 Å². The predicted octanol–water partition coefficient (Wildman–Crippen LogP) is 2.19. The molecule has 2 aliphatic heterocycles. The third-order valence-electron chi connectivity index (χ3n) is 6.12. The van der Waals surface area contributed by atoms with E-state index in [1.54, 1.807) is 16.7 Å². The highest BCUT2D eigenvalue weighted by Crippen LogP contribution is 2.32. The second-order valence-corrected chi connectivity index (χ2v) is 9.23. The first kappa shape index (κ1) is 22.9. The van der Waals surface area contributed by atoms with Crippen LogP contribution >= 0.6 is 0 Å². The molecule has 2 amide bonds. The molecule has 2 aromatic rings. The highest BCUT2D eigenvalue weighted by atomic mass is 16.5. The van der Waals surface area contributed by atoms with Crippen LogP contribution in [0.25, 0.3) is 0 Å². The van der Waals surface area contributed by atoms with Gasteiger partial charge in [0.15, 0.2) is 5.82 Å². The number of amides is 2. The molecule has 1 N–H and O–H groups in total. The summed E-state index contributed by atoms with van der Waals surface area (Å²) in [6, 6.07) is -0.251. The monoisotopic (exact) mass is 456 g/mol. The highest BCUT2D eigenvalue weighted by Gasteiger charge is 2.36. The maximum absolute atomic E-state index is 13.1. The number of aromatic nitrogens is 4. The number of hydrogen-bond donors (Lipinski definition) is 1. The maximum Gasteiger partial charge on any atom is 0.273 e. The largest absolute Gasteiger partial charge is 0.358 e. The van der Waals surface area contributed by atoms with E-state index in [0.717, 1.165) is 5.56 Å². The molecule has 1 unspecified atom stereocenters. The number of fused-ring (bicyclic) bond motifs is 1. The van der Waals surface area contributed by atoms with Crippen molar-refractivity contribution in [3.8, 4) is 0 Å². The number of carbonyl (C=O) groups is 2. The van der Waals surface area contributed by atoms with Crippen LogP contribution in [0.1, 0.15) is 81.3 Å². The van der Waals surface area contributed by atoms with E-state index in [4.69, 9.17) is 9.51 Å². The third-order valence-corrected chi connectivity index (χ3v) is 6.12. The first-order chi connectivity index (χ1) is 15.7. The lowest BCUT2D eigenvalue weighted by Gasteiger charge is -2.34. The van der Waals surface area contributed by atoms with Gasteiger partial charge < -0.3 is 24.5 Å². The minimum Gasteiger partial charge on any atom is -0.358 e. The molecule has 1 fully saturated rings. The molecule has 0 bridgehead atoms. The molecule has 2 aromatic heterocycles. The van der Waals surface area contributed by atoms with Crippen molar-refractivity contribution < 1.29 is 14.1 Å². The summed E-state index contributed by atoms with van der Waals surface area (Å²) in [4.78, 5) is 44.3. The fourth-order valence-corrected chi connectivity index (χ4v) is 4.00. The van der Waals surface area contributed by atoms with Crippen molar-refractivity contribution in [3.05, 3.63) is 23.0 Å². The second kappa shape index (κ2) is 8.95. The van der Waals surface area contributed by atoms with E-state index in [1.807, 2.05) is 39.5 Å². The van der Waals surface area contributed by atoms with Gasteiger partial charge in [-0.25, -0.2) is 4.98 Å². The van der Waals surface area contributed by atoms with Gasteiger partial charge in [-0.05, 0) is 20.8 Å². The molecule has 4 rings (SSSR count). The SMILES string of the molecule is CC(=O)N1CCN(c2nc(NC(C)c3nc(C(C)C)no3)c3c(n2)C(=O)N(C(C)C)C3)CC1. The first-order valence-corrected chi connectivity index (χ1v) is 11.5. The molecule has 1 atom stereocenters. The molecule has 0 spiro atoms. The fraction of sp³-hybridized carbons (Fsp3) is 0.636. The summed E-state index contributed by atoms with van der Waals surface area (Å²) in [7, 11) is 0. The summed E-state index contributed by atoms with van der Waals surface area (Å²) < 4.78 is 5.45. The Kier molecular flexibility index (Phi) is 6.22. The van der Waals surface area contributed by atoms with Gasteiger partial charge in [0.1, 0.15) is 17.6 Å². The van der Waals surface area contributed by atoms with Gasteiger partial charge in [0.05, 0.1) is 6.54 Å². The van der Waals surface area contributed by atoms with Crippen LogP contribution in [0.5, 0.6) is 0 Å². The predicted molar refractivity (Wildman–Crippen MR) is 122 cm³/mol. The van der Waals surface area contributed by atoms with Gasteiger partial charge in [-0.1, -0.05) is 19.0 Å². The lowest BCUT2D eigenvalue weighted by molar-refractivity contribution is -0.129. The van der Waals surface area contributed by atoms with E-state index in [2.05, 4.69) is 20.4 Å². The molecule has 4 heterocycles. The number of rotatable bonds is 6. The summed E-state index contributed by atoms with van der Waals surface area (Å²) in [5.41, 5.74) is 1.20. The van der Waals surface area contributed by atoms with Crippen LogP contribution in [-0.2, 0) is 11.3 Å². The minimum atomic E-state index is -0.297. The summed E-state index contributed by atoms with van der Waals surface area (Å²) >= 11 is 0. The number of nitrogens with zero attached hydrogens (tertiary/aromatic N) is 7. The standard InChI is InChI=1S/C22H32N8O3/c1-12(2)18-25-20(33-27-18)14(5)23-19-16-11-30(13(3)4)21(32)17(16)24-22(26-19)29-9-7-28(8-10-29)15(6)31/h12-14H,7-11H2,1-6H3,(H,23,24,26). The van der Waals surface area contributed by atoms with Crippen molar-refractivity contribution >= 4 is 23.6 Å². The van der Waals surface area contributed by atoms with Crippen LogP contribution in [0.15, 0.2) is 4.52 Å². The van der Waals surface area contributed by atoms with E-state index in [1.165, 1.54) is 0 Å². The average Bonchev–Trinajstić information content (AvgIpc) is 3.40. The zero-order chi connectivity index (χ0) is 23.9. The molecule has 0 radical (unpaired) electrons. The zero-order valence-corrected chi connectivity index (χ0v) is 20.1. The van der Waals surface area contributed by atoms with Crippen LogP contribution in [0.3, 0.4) is 0 Å². The van der Waals surface area contributed by atoms with Gasteiger partial charge in [0, 0.05) is 50.6 Å². The van der Waals surface area contributed by atoms with E-state index in [9.17, 15) is 9.59 Å². The van der Waals surface area contributed by atoms with Crippen molar-refractivity contribution in [2.45, 2.75) is 66.1 Å². The van der Waals surface area contributed by atoms with Crippen molar-refractivity contribution in [3.63, 3.8) is 0 Å².